The summed E-state index contributed by atoms with van der Waals surface area (Å²) in [6, 6.07) is 0. The number of hydrogen-bond acceptors (Lipinski definition) is 2. The van der Waals surface area contributed by atoms with Crippen LogP contribution in [-0.2, 0) is 4.74 Å². The summed E-state index contributed by atoms with van der Waals surface area (Å²) in [6.07, 6.45) is 1.44. The molecule has 0 aromatic heterocycles. The summed E-state index contributed by atoms with van der Waals surface area (Å²) < 4.78 is 4.57. The van der Waals surface area contributed by atoms with Crippen molar-refractivity contribution in [1.29, 1.82) is 0 Å². The molecule has 0 atom stereocenters. The van der Waals surface area contributed by atoms with Crippen molar-refractivity contribution in [2.75, 3.05) is 7.11 Å². The standard InChI is InChI=1S/C4H5NO2/c1-7-4-2-3(6)5-4/h2H,1H3,(H,5,6). The lowest BCUT2D eigenvalue weighted by Crippen LogP contribution is -2.04. The Bertz CT molecular complexity index is 137. The molecule has 1 aliphatic rings. The summed E-state index contributed by atoms with van der Waals surface area (Å²) in [5.41, 5.74) is 0. The summed E-state index contributed by atoms with van der Waals surface area (Å²) in [5.74, 6) is 0.523. The van der Waals surface area contributed by atoms with E-state index in [2.05, 4.69) is 9.73 Å². The zero-order valence-electron chi connectivity index (χ0n) is 3.88. The van der Waals surface area contributed by atoms with Crippen LogP contribution in [0, 0.1) is 0 Å². The number of rotatable bonds is 1. The van der Waals surface area contributed by atoms with Crippen LogP contribution in [0.5, 0.6) is 0 Å². The van der Waals surface area contributed by atoms with E-state index in [0.717, 1.165) is 0 Å². The fourth-order valence-corrected chi connectivity index (χ4v) is 0.326. The molecule has 38 valence electrons. The van der Waals surface area contributed by atoms with Gasteiger partial charge < -0.3 is 9.84 Å². The maximum absolute atomic E-state index is 8.34. The van der Waals surface area contributed by atoms with Crippen molar-refractivity contribution in [2.24, 2.45) is 4.99 Å². The zero-order chi connectivity index (χ0) is 5.28. The second kappa shape index (κ2) is 1.26. The van der Waals surface area contributed by atoms with Crippen molar-refractivity contribution in [3.8, 4) is 0 Å². The van der Waals surface area contributed by atoms with Crippen LogP contribution in [0.2, 0.25) is 0 Å². The van der Waals surface area contributed by atoms with E-state index in [-0.39, 0.29) is 5.90 Å². The number of aliphatic hydroxyl groups excluding tert-OH is 1. The molecule has 0 saturated carbocycles. The Morgan fingerprint density at radius 1 is 1.86 bits per heavy atom. The summed E-state index contributed by atoms with van der Waals surface area (Å²) in [5, 5.41) is 8.34. The highest BCUT2D eigenvalue weighted by Crippen LogP contribution is 2.06. The Balaban J connectivity index is 2.41. The molecular formula is C4H5NO2. The molecule has 0 radical (unpaired) electrons. The predicted molar refractivity (Wildman–Crippen MR) is 25.2 cm³/mol. The molecule has 0 fully saturated rings. The van der Waals surface area contributed by atoms with Crippen LogP contribution in [0.15, 0.2) is 17.0 Å². The average molecular weight is 99.1 g/mol. The Morgan fingerprint density at radius 2 is 2.43 bits per heavy atom. The van der Waals surface area contributed by atoms with Gasteiger partial charge in [0.05, 0.1) is 13.2 Å². The van der Waals surface area contributed by atoms with E-state index in [1.807, 2.05) is 0 Å². The van der Waals surface area contributed by atoms with Gasteiger partial charge in [0.1, 0.15) is 0 Å². The summed E-state index contributed by atoms with van der Waals surface area (Å²) in [4.78, 5) is 3.45. The Morgan fingerprint density at radius 3 is 2.57 bits per heavy atom. The molecule has 1 aliphatic heterocycles. The highest BCUT2D eigenvalue weighted by molar-refractivity contribution is 5.91. The van der Waals surface area contributed by atoms with Crippen molar-refractivity contribution in [2.45, 2.75) is 0 Å². The van der Waals surface area contributed by atoms with Gasteiger partial charge in [0.2, 0.25) is 11.8 Å². The molecule has 0 unspecified atom stereocenters. The molecule has 0 bridgehead atoms. The van der Waals surface area contributed by atoms with E-state index in [4.69, 9.17) is 5.11 Å². The van der Waals surface area contributed by atoms with Gasteiger partial charge in [-0.25, -0.2) is 0 Å². The normalized spacial score (nSPS) is 16.7. The molecule has 3 nitrogen and oxygen atoms in total. The van der Waals surface area contributed by atoms with Gasteiger partial charge in [-0.3, -0.25) is 0 Å². The van der Waals surface area contributed by atoms with Crippen molar-refractivity contribution < 1.29 is 9.84 Å². The third-order valence-electron chi connectivity index (χ3n) is 0.686. The molecule has 1 rings (SSSR count). The Labute approximate surface area is 40.9 Å². The smallest absolute Gasteiger partial charge is 0.221 e. The third kappa shape index (κ3) is 0.559. The SMILES string of the molecule is COC1=CC(O)=N1. The molecule has 1 heterocycles. The third-order valence-corrected chi connectivity index (χ3v) is 0.686. The molecule has 7 heavy (non-hydrogen) atoms. The van der Waals surface area contributed by atoms with Crippen LogP contribution in [-0.4, -0.2) is 18.1 Å². The van der Waals surface area contributed by atoms with E-state index in [1.54, 1.807) is 0 Å². The van der Waals surface area contributed by atoms with E-state index in [0.29, 0.717) is 5.88 Å². The van der Waals surface area contributed by atoms with Gasteiger partial charge >= 0.3 is 0 Å². The second-order valence-corrected chi connectivity index (χ2v) is 1.16. The van der Waals surface area contributed by atoms with Gasteiger partial charge in [-0.05, 0) is 0 Å². The monoisotopic (exact) mass is 99.0 g/mol. The number of methoxy groups -OCH3 is 1. The average Bonchev–Trinajstić information content (AvgIpc) is 1.58. The van der Waals surface area contributed by atoms with Crippen LogP contribution >= 0.6 is 0 Å². The van der Waals surface area contributed by atoms with Gasteiger partial charge in [-0.2, -0.15) is 4.99 Å². The Hall–Kier alpha value is -0.990. The van der Waals surface area contributed by atoms with E-state index in [9.17, 15) is 0 Å². The van der Waals surface area contributed by atoms with Crippen molar-refractivity contribution in [3.05, 3.63) is 12.0 Å². The molecular weight excluding hydrogens is 94.0 g/mol. The van der Waals surface area contributed by atoms with Gasteiger partial charge in [0.25, 0.3) is 0 Å². The first-order valence-corrected chi connectivity index (χ1v) is 1.86. The maximum Gasteiger partial charge on any atom is 0.221 e. The van der Waals surface area contributed by atoms with E-state index in [1.165, 1.54) is 13.2 Å². The number of aliphatic imine (C=N–C) groups is 1. The van der Waals surface area contributed by atoms with Crippen molar-refractivity contribution in [3.63, 3.8) is 0 Å². The topological polar surface area (TPSA) is 41.8 Å². The van der Waals surface area contributed by atoms with Gasteiger partial charge in [-0.15, -0.1) is 0 Å². The molecule has 0 amide bonds. The number of hydrogen-bond donors (Lipinski definition) is 1. The first-order valence-electron chi connectivity index (χ1n) is 1.86. The minimum Gasteiger partial charge on any atom is -0.493 e. The predicted octanol–water partition coefficient (Wildman–Crippen LogP) is 0.444. The number of ether oxygens (including phenoxy) is 1. The first-order chi connectivity index (χ1) is 3.33. The minimum atomic E-state index is 0.0388. The van der Waals surface area contributed by atoms with Crippen LogP contribution in [0.4, 0.5) is 0 Å². The minimum absolute atomic E-state index is 0.0388. The van der Waals surface area contributed by atoms with Gasteiger partial charge in [0.15, 0.2) is 0 Å². The van der Waals surface area contributed by atoms with E-state index < -0.39 is 0 Å². The largest absolute Gasteiger partial charge is 0.493 e. The second-order valence-electron chi connectivity index (χ2n) is 1.16. The van der Waals surface area contributed by atoms with Crippen LogP contribution < -0.4 is 0 Å². The quantitative estimate of drug-likeness (QED) is 0.518. The fourth-order valence-electron chi connectivity index (χ4n) is 0.326. The molecule has 1 N–H and O–H groups in total. The van der Waals surface area contributed by atoms with Crippen LogP contribution in [0.3, 0.4) is 0 Å². The highest BCUT2D eigenvalue weighted by Gasteiger charge is 2.05. The maximum atomic E-state index is 8.34. The van der Waals surface area contributed by atoms with Crippen LogP contribution in [0.25, 0.3) is 0 Å². The van der Waals surface area contributed by atoms with Crippen LogP contribution in [0.1, 0.15) is 0 Å². The number of nitrogens with zero attached hydrogens (tertiary/aromatic N) is 1. The first kappa shape index (κ1) is 4.18. The van der Waals surface area contributed by atoms with Gasteiger partial charge in [-0.1, -0.05) is 0 Å². The highest BCUT2D eigenvalue weighted by atomic mass is 16.5. The lowest BCUT2D eigenvalue weighted by molar-refractivity contribution is 0.279. The molecule has 0 aromatic carbocycles. The molecule has 0 aliphatic carbocycles. The van der Waals surface area contributed by atoms with Crippen molar-refractivity contribution in [1.82, 2.24) is 0 Å². The van der Waals surface area contributed by atoms with E-state index >= 15 is 0 Å². The van der Waals surface area contributed by atoms with Gasteiger partial charge in [0, 0.05) is 0 Å². The lowest BCUT2D eigenvalue weighted by atomic mass is 10.5. The summed E-state index contributed by atoms with van der Waals surface area (Å²) in [7, 11) is 1.50. The summed E-state index contributed by atoms with van der Waals surface area (Å²) in [6.45, 7) is 0. The number of aliphatic hydroxyl groups is 1. The zero-order valence-corrected chi connectivity index (χ0v) is 3.88. The molecule has 0 aromatic rings. The molecule has 0 saturated heterocycles. The molecule has 0 spiro atoms. The fraction of sp³-hybridized carbons (Fsp3) is 0.250. The van der Waals surface area contributed by atoms with Crippen molar-refractivity contribution >= 4 is 5.90 Å². The Kier molecular flexibility index (Phi) is 0.749. The molecule has 3 heteroatoms. The lowest BCUT2D eigenvalue weighted by Gasteiger charge is -2.04. The summed E-state index contributed by atoms with van der Waals surface area (Å²) >= 11 is 0.